The Morgan fingerprint density at radius 3 is 2.76 bits per heavy atom. The monoisotopic (exact) mass is 251 g/mol. The second-order valence-electron chi connectivity index (χ2n) is 4.21. The zero-order valence-corrected chi connectivity index (χ0v) is 10.8. The topological polar surface area (TPSA) is 65.8 Å². The van der Waals surface area contributed by atoms with E-state index in [0.717, 1.165) is 5.69 Å². The fourth-order valence-corrected chi connectivity index (χ4v) is 1.47. The van der Waals surface area contributed by atoms with Crippen LogP contribution in [0.15, 0.2) is 12.1 Å². The van der Waals surface area contributed by atoms with E-state index in [1.165, 1.54) is 6.07 Å². The number of rotatable bonds is 3. The fraction of sp³-hybridized carbons (Fsp3) is 0.417. The molecule has 17 heavy (non-hydrogen) atoms. The van der Waals surface area contributed by atoms with E-state index < -0.39 is 5.54 Å². The molecule has 0 fully saturated rings. The van der Waals surface area contributed by atoms with Crippen molar-refractivity contribution in [2.75, 3.05) is 0 Å². The van der Waals surface area contributed by atoms with Gasteiger partial charge in [-0.3, -0.25) is 4.79 Å². The first-order chi connectivity index (χ1) is 7.88. The molecule has 0 saturated heterocycles. The van der Waals surface area contributed by atoms with Crippen molar-refractivity contribution in [2.45, 2.75) is 32.7 Å². The number of nitrogens with zero attached hydrogens (tertiary/aromatic N) is 2. The second kappa shape index (κ2) is 5.15. The Balaban J connectivity index is 2.98. The van der Waals surface area contributed by atoms with Crippen molar-refractivity contribution < 1.29 is 4.79 Å². The number of carbonyl (C=O) groups excluding carboxylic acids is 1. The molecular weight excluding hydrogens is 238 g/mol. The third kappa shape index (κ3) is 3.72. The molecule has 0 aliphatic carbocycles. The number of amides is 1. The summed E-state index contributed by atoms with van der Waals surface area (Å²) >= 11 is 5.82. The van der Waals surface area contributed by atoms with E-state index in [9.17, 15) is 4.79 Å². The average molecular weight is 252 g/mol. The van der Waals surface area contributed by atoms with Crippen LogP contribution in [0.2, 0.25) is 5.15 Å². The van der Waals surface area contributed by atoms with Gasteiger partial charge < -0.3 is 5.32 Å². The van der Waals surface area contributed by atoms with Gasteiger partial charge in [0, 0.05) is 11.3 Å². The molecule has 5 heteroatoms. The van der Waals surface area contributed by atoms with Crippen molar-refractivity contribution in [3.05, 3.63) is 28.5 Å². The Labute approximate surface area is 106 Å². The maximum absolute atomic E-state index is 11.9. The zero-order valence-electron chi connectivity index (χ0n) is 10.0. The highest BCUT2D eigenvalue weighted by molar-refractivity contribution is 6.29. The molecule has 1 aromatic heterocycles. The maximum Gasteiger partial charge on any atom is 0.252 e. The quantitative estimate of drug-likeness (QED) is 0.839. The molecule has 0 bridgehead atoms. The van der Waals surface area contributed by atoms with Gasteiger partial charge in [-0.05, 0) is 32.4 Å². The maximum atomic E-state index is 11.9. The first-order valence-electron chi connectivity index (χ1n) is 5.28. The van der Waals surface area contributed by atoms with Crippen molar-refractivity contribution in [2.24, 2.45) is 0 Å². The van der Waals surface area contributed by atoms with E-state index >= 15 is 0 Å². The van der Waals surface area contributed by atoms with Crippen LogP contribution >= 0.6 is 11.6 Å². The highest BCUT2D eigenvalue weighted by Crippen LogP contribution is 2.12. The summed E-state index contributed by atoms with van der Waals surface area (Å²) in [5.74, 6) is -0.324. The third-order valence-corrected chi connectivity index (χ3v) is 2.37. The van der Waals surface area contributed by atoms with Crippen LogP contribution in [0.1, 0.15) is 36.8 Å². The molecule has 1 heterocycles. The number of halogens is 1. The van der Waals surface area contributed by atoms with Crippen LogP contribution in [-0.2, 0) is 6.42 Å². The molecule has 1 N–H and O–H groups in total. The van der Waals surface area contributed by atoms with Crippen molar-refractivity contribution in [3.8, 4) is 6.07 Å². The molecule has 0 aliphatic heterocycles. The lowest BCUT2D eigenvalue weighted by atomic mass is 10.1. The van der Waals surface area contributed by atoms with Crippen LogP contribution in [-0.4, -0.2) is 16.4 Å². The lowest BCUT2D eigenvalue weighted by Gasteiger charge is -2.17. The molecule has 90 valence electrons. The Hall–Kier alpha value is -1.60. The minimum Gasteiger partial charge on any atom is -0.334 e. The van der Waals surface area contributed by atoms with Gasteiger partial charge in [-0.1, -0.05) is 18.5 Å². The molecule has 0 aliphatic rings. The predicted octanol–water partition coefficient (Wildman–Crippen LogP) is 2.33. The van der Waals surface area contributed by atoms with Gasteiger partial charge in [0.05, 0.1) is 6.07 Å². The molecule has 0 radical (unpaired) electrons. The van der Waals surface area contributed by atoms with Gasteiger partial charge >= 0.3 is 0 Å². The lowest BCUT2D eigenvalue weighted by molar-refractivity contribution is 0.0929. The van der Waals surface area contributed by atoms with Crippen LogP contribution < -0.4 is 5.32 Å². The predicted molar refractivity (Wildman–Crippen MR) is 65.8 cm³/mol. The molecule has 0 spiro atoms. The van der Waals surface area contributed by atoms with Crippen molar-refractivity contribution >= 4 is 17.5 Å². The van der Waals surface area contributed by atoms with Gasteiger partial charge in [0.1, 0.15) is 10.7 Å². The zero-order chi connectivity index (χ0) is 13.1. The summed E-state index contributed by atoms with van der Waals surface area (Å²) in [7, 11) is 0. The van der Waals surface area contributed by atoms with Gasteiger partial charge in [0.25, 0.3) is 5.91 Å². The molecule has 0 saturated carbocycles. The second-order valence-corrected chi connectivity index (χ2v) is 4.60. The standard InChI is InChI=1S/C12H14ClN3O/c1-4-9-5-8(6-10(13)15-9)11(17)16-12(2,3)7-14/h5-6H,4H2,1-3H3,(H,16,17). The SMILES string of the molecule is CCc1cc(C(=O)NC(C)(C)C#N)cc(Cl)n1. The van der Waals surface area contributed by atoms with Crippen LogP contribution in [0.4, 0.5) is 0 Å². The molecule has 1 rings (SSSR count). The van der Waals surface area contributed by atoms with Gasteiger partial charge in [0.2, 0.25) is 0 Å². The van der Waals surface area contributed by atoms with Crippen LogP contribution in [0.5, 0.6) is 0 Å². The van der Waals surface area contributed by atoms with E-state index in [-0.39, 0.29) is 11.1 Å². The molecule has 1 amide bonds. The summed E-state index contributed by atoms with van der Waals surface area (Å²) < 4.78 is 0. The van der Waals surface area contributed by atoms with Crippen LogP contribution in [0.25, 0.3) is 0 Å². The number of nitrogens with one attached hydrogen (secondary N) is 1. The van der Waals surface area contributed by atoms with E-state index in [1.54, 1.807) is 19.9 Å². The Kier molecular flexibility index (Phi) is 4.08. The first-order valence-corrected chi connectivity index (χ1v) is 5.66. The van der Waals surface area contributed by atoms with Crippen molar-refractivity contribution in [1.82, 2.24) is 10.3 Å². The Bertz CT molecular complexity index is 477. The minimum atomic E-state index is -0.904. The number of carbonyl (C=O) groups is 1. The molecular formula is C12H14ClN3O. The number of nitriles is 1. The smallest absolute Gasteiger partial charge is 0.252 e. The summed E-state index contributed by atoms with van der Waals surface area (Å²) in [5, 5.41) is 11.7. The van der Waals surface area contributed by atoms with Gasteiger partial charge in [-0.15, -0.1) is 0 Å². The summed E-state index contributed by atoms with van der Waals surface area (Å²) in [5.41, 5.74) is 0.265. The van der Waals surface area contributed by atoms with Gasteiger partial charge in [0.15, 0.2) is 0 Å². The summed E-state index contributed by atoms with van der Waals surface area (Å²) in [6.45, 7) is 5.20. The Morgan fingerprint density at radius 1 is 1.59 bits per heavy atom. The number of hydrogen-bond acceptors (Lipinski definition) is 3. The molecule has 0 atom stereocenters. The third-order valence-electron chi connectivity index (χ3n) is 2.18. The van der Waals surface area contributed by atoms with Crippen molar-refractivity contribution in [3.63, 3.8) is 0 Å². The van der Waals surface area contributed by atoms with Crippen LogP contribution in [0, 0.1) is 11.3 Å². The number of pyridine rings is 1. The van der Waals surface area contributed by atoms with Gasteiger partial charge in [-0.25, -0.2) is 4.98 Å². The summed E-state index contributed by atoms with van der Waals surface area (Å²) in [4.78, 5) is 16.0. The van der Waals surface area contributed by atoms with E-state index in [4.69, 9.17) is 16.9 Å². The van der Waals surface area contributed by atoms with Crippen molar-refractivity contribution in [1.29, 1.82) is 5.26 Å². The van der Waals surface area contributed by atoms with Gasteiger partial charge in [-0.2, -0.15) is 5.26 Å². The van der Waals surface area contributed by atoms with E-state index in [0.29, 0.717) is 12.0 Å². The first kappa shape index (κ1) is 13.5. The molecule has 4 nitrogen and oxygen atoms in total. The molecule has 0 unspecified atom stereocenters. The number of hydrogen-bond donors (Lipinski definition) is 1. The number of aromatic nitrogens is 1. The molecule has 0 aromatic carbocycles. The highest BCUT2D eigenvalue weighted by atomic mass is 35.5. The highest BCUT2D eigenvalue weighted by Gasteiger charge is 2.20. The minimum absolute atomic E-state index is 0.282. The average Bonchev–Trinajstić information content (AvgIpc) is 2.27. The number of aryl methyl sites for hydroxylation is 1. The normalized spacial score (nSPS) is 10.8. The molecule has 1 aromatic rings. The fourth-order valence-electron chi connectivity index (χ4n) is 1.25. The van der Waals surface area contributed by atoms with Crippen LogP contribution in [0.3, 0.4) is 0 Å². The largest absolute Gasteiger partial charge is 0.334 e. The summed E-state index contributed by atoms with van der Waals surface area (Å²) in [6.07, 6.45) is 0.697. The Morgan fingerprint density at radius 2 is 2.24 bits per heavy atom. The summed E-state index contributed by atoms with van der Waals surface area (Å²) in [6, 6.07) is 5.17. The van der Waals surface area contributed by atoms with E-state index in [1.807, 2.05) is 13.0 Å². The lowest BCUT2D eigenvalue weighted by Crippen LogP contribution is -2.42. The van der Waals surface area contributed by atoms with E-state index in [2.05, 4.69) is 10.3 Å².